The molecule has 0 bridgehead atoms. The van der Waals surface area contributed by atoms with Crippen molar-refractivity contribution in [3.8, 4) is 0 Å². The number of hydrogen-bond acceptors (Lipinski definition) is 3. The third-order valence-corrected chi connectivity index (χ3v) is 2.83. The van der Waals surface area contributed by atoms with Gasteiger partial charge in [0.2, 0.25) is 0 Å². The Kier molecular flexibility index (Phi) is 1.31. The van der Waals surface area contributed by atoms with Crippen molar-refractivity contribution in [3.05, 3.63) is 23.5 Å². The number of nitrogens with zero attached hydrogens (tertiary/aromatic N) is 2. The monoisotopic (exact) mass is 175 g/mol. The van der Waals surface area contributed by atoms with Crippen LogP contribution in [-0.4, -0.2) is 30.4 Å². The summed E-state index contributed by atoms with van der Waals surface area (Å²) in [5.41, 5.74) is 2.63. The van der Waals surface area contributed by atoms with E-state index in [1.54, 1.807) is 0 Å². The number of aliphatic imine (C=N–C) groups is 1. The molecular formula is C10H13N3. The number of rotatable bonds is 1. The summed E-state index contributed by atoms with van der Waals surface area (Å²) in [6.07, 6.45) is 6.36. The Bertz CT molecular complexity index is 323. The molecule has 3 rings (SSSR count). The summed E-state index contributed by atoms with van der Waals surface area (Å²) < 4.78 is 0. The van der Waals surface area contributed by atoms with Crippen LogP contribution >= 0.6 is 0 Å². The predicted molar refractivity (Wildman–Crippen MR) is 52.3 cm³/mol. The van der Waals surface area contributed by atoms with Crippen LogP contribution in [-0.2, 0) is 0 Å². The van der Waals surface area contributed by atoms with Crippen molar-refractivity contribution in [2.24, 2.45) is 10.9 Å². The molecule has 3 aliphatic rings. The Balaban J connectivity index is 1.93. The molecule has 0 aromatic carbocycles. The molecule has 1 saturated heterocycles. The summed E-state index contributed by atoms with van der Waals surface area (Å²) in [7, 11) is 0. The minimum atomic E-state index is 0.351. The lowest BCUT2D eigenvalue weighted by molar-refractivity contribution is 0.573. The molecule has 2 unspecified atom stereocenters. The number of fused-ring (bicyclic) bond motifs is 1. The summed E-state index contributed by atoms with van der Waals surface area (Å²) in [6, 6.07) is 0.351. The Morgan fingerprint density at radius 2 is 2.38 bits per heavy atom. The first-order valence-electron chi connectivity index (χ1n) is 4.81. The highest BCUT2D eigenvalue weighted by atomic mass is 15.3. The third-order valence-electron chi connectivity index (χ3n) is 2.83. The van der Waals surface area contributed by atoms with E-state index in [4.69, 9.17) is 0 Å². The number of nitrogens with one attached hydrogen (secondary N) is 1. The summed E-state index contributed by atoms with van der Waals surface area (Å²) in [5.74, 6) is 0.529. The van der Waals surface area contributed by atoms with Crippen molar-refractivity contribution >= 4 is 6.34 Å². The molecule has 13 heavy (non-hydrogen) atoms. The van der Waals surface area contributed by atoms with Gasteiger partial charge in [-0.15, -0.1) is 0 Å². The molecule has 0 amide bonds. The zero-order valence-corrected chi connectivity index (χ0v) is 7.70. The van der Waals surface area contributed by atoms with Crippen LogP contribution in [0.2, 0.25) is 0 Å². The molecule has 0 spiro atoms. The van der Waals surface area contributed by atoms with Crippen molar-refractivity contribution in [3.63, 3.8) is 0 Å². The molecule has 68 valence electrons. The molecule has 0 radical (unpaired) electrons. The molecule has 3 nitrogen and oxygen atoms in total. The first-order chi connectivity index (χ1) is 6.34. The average molecular weight is 175 g/mol. The highest BCUT2D eigenvalue weighted by Gasteiger charge is 2.30. The van der Waals surface area contributed by atoms with Crippen LogP contribution in [0.15, 0.2) is 28.5 Å². The van der Waals surface area contributed by atoms with Gasteiger partial charge in [0.05, 0.1) is 12.4 Å². The molecule has 2 heterocycles. The second-order valence-electron chi connectivity index (χ2n) is 3.90. The van der Waals surface area contributed by atoms with Gasteiger partial charge < -0.3 is 10.2 Å². The quantitative estimate of drug-likeness (QED) is 0.595. The first kappa shape index (κ1) is 7.18. The van der Waals surface area contributed by atoms with Crippen LogP contribution < -0.4 is 5.32 Å². The zero-order chi connectivity index (χ0) is 8.84. The summed E-state index contributed by atoms with van der Waals surface area (Å²) in [6.45, 7) is 4.66. The van der Waals surface area contributed by atoms with Gasteiger partial charge >= 0.3 is 0 Å². The third kappa shape index (κ3) is 1.07. The van der Waals surface area contributed by atoms with E-state index in [-0.39, 0.29) is 0 Å². The maximum Gasteiger partial charge on any atom is 0.0976 e. The Hall–Kier alpha value is -1.25. The first-order valence-corrected chi connectivity index (χ1v) is 4.81. The van der Waals surface area contributed by atoms with E-state index in [9.17, 15) is 0 Å². The lowest BCUT2D eigenvalue weighted by Crippen LogP contribution is -2.23. The molecule has 3 heteroatoms. The van der Waals surface area contributed by atoms with Gasteiger partial charge in [0.15, 0.2) is 0 Å². The molecule has 1 aliphatic carbocycles. The second-order valence-corrected chi connectivity index (χ2v) is 3.90. The van der Waals surface area contributed by atoms with Crippen LogP contribution in [0.25, 0.3) is 0 Å². The van der Waals surface area contributed by atoms with Crippen LogP contribution in [0.4, 0.5) is 0 Å². The van der Waals surface area contributed by atoms with Gasteiger partial charge in [-0.1, -0.05) is 13.0 Å². The van der Waals surface area contributed by atoms with Gasteiger partial charge in [-0.3, -0.25) is 4.99 Å². The van der Waals surface area contributed by atoms with Gasteiger partial charge in [0.1, 0.15) is 0 Å². The van der Waals surface area contributed by atoms with Gasteiger partial charge in [-0.25, -0.2) is 0 Å². The van der Waals surface area contributed by atoms with Crippen LogP contribution in [0.5, 0.6) is 0 Å². The summed E-state index contributed by atoms with van der Waals surface area (Å²) >= 11 is 0. The normalized spacial score (nSPS) is 35.0. The maximum absolute atomic E-state index is 4.39. The van der Waals surface area contributed by atoms with Gasteiger partial charge in [-0.2, -0.15) is 0 Å². The Labute approximate surface area is 77.8 Å². The van der Waals surface area contributed by atoms with E-state index in [1.807, 2.05) is 6.34 Å². The Morgan fingerprint density at radius 3 is 3.15 bits per heavy atom. The lowest BCUT2D eigenvalue weighted by Gasteiger charge is -2.22. The molecule has 0 aromatic heterocycles. The van der Waals surface area contributed by atoms with E-state index in [2.05, 4.69) is 34.3 Å². The molecule has 2 atom stereocenters. The fourth-order valence-electron chi connectivity index (χ4n) is 1.98. The van der Waals surface area contributed by atoms with E-state index < -0.39 is 0 Å². The van der Waals surface area contributed by atoms with Crippen molar-refractivity contribution < 1.29 is 0 Å². The largest absolute Gasteiger partial charge is 0.368 e. The number of hydrogen-bond donors (Lipinski definition) is 1. The molecule has 1 N–H and O–H groups in total. The van der Waals surface area contributed by atoms with Gasteiger partial charge in [0.25, 0.3) is 0 Å². The topological polar surface area (TPSA) is 27.4 Å². The van der Waals surface area contributed by atoms with Crippen molar-refractivity contribution in [2.45, 2.75) is 13.0 Å². The maximum atomic E-state index is 4.39. The van der Waals surface area contributed by atoms with Crippen molar-refractivity contribution in [1.82, 2.24) is 10.2 Å². The molecule has 0 saturated carbocycles. The molecule has 2 aliphatic heterocycles. The zero-order valence-electron chi connectivity index (χ0n) is 7.70. The highest BCUT2D eigenvalue weighted by molar-refractivity contribution is 5.64. The average Bonchev–Trinajstić information content (AvgIpc) is 2.85. The van der Waals surface area contributed by atoms with Crippen LogP contribution in [0.3, 0.4) is 0 Å². The minimum Gasteiger partial charge on any atom is -0.368 e. The van der Waals surface area contributed by atoms with Crippen LogP contribution in [0, 0.1) is 5.92 Å². The van der Waals surface area contributed by atoms with E-state index in [0.29, 0.717) is 12.0 Å². The Morgan fingerprint density at radius 1 is 1.54 bits per heavy atom. The second kappa shape index (κ2) is 2.37. The van der Waals surface area contributed by atoms with Gasteiger partial charge in [0, 0.05) is 30.4 Å². The van der Waals surface area contributed by atoms with Crippen LogP contribution in [0.1, 0.15) is 6.92 Å². The summed E-state index contributed by atoms with van der Waals surface area (Å²) in [4.78, 5) is 6.76. The lowest BCUT2D eigenvalue weighted by atomic mass is 9.94. The van der Waals surface area contributed by atoms with E-state index in [0.717, 1.165) is 0 Å². The SMILES string of the molecule is CC1C=C(N2CC2)C=C2NC=NC21. The fourth-order valence-corrected chi connectivity index (χ4v) is 1.98. The smallest absolute Gasteiger partial charge is 0.0976 e. The van der Waals surface area contributed by atoms with Gasteiger partial charge in [-0.05, 0) is 6.08 Å². The van der Waals surface area contributed by atoms with E-state index in [1.165, 1.54) is 24.5 Å². The summed E-state index contributed by atoms with van der Waals surface area (Å²) in [5, 5.41) is 3.20. The highest BCUT2D eigenvalue weighted by Crippen LogP contribution is 2.29. The molecule has 0 aromatic rings. The van der Waals surface area contributed by atoms with Crippen molar-refractivity contribution in [1.29, 1.82) is 0 Å². The number of allylic oxidation sites excluding steroid dienone is 1. The minimum absolute atomic E-state index is 0.351. The van der Waals surface area contributed by atoms with Crippen molar-refractivity contribution in [2.75, 3.05) is 13.1 Å². The predicted octanol–water partition coefficient (Wildman–Crippen LogP) is 0.720. The molecule has 1 fully saturated rings. The molecular weight excluding hydrogens is 162 g/mol. The standard InChI is InChI=1S/C10H13N3/c1-7-4-8(13-2-3-13)5-9-10(7)12-6-11-9/h4-7,10H,2-3H2,1H3,(H,11,12). The van der Waals surface area contributed by atoms with E-state index >= 15 is 0 Å². The fraction of sp³-hybridized carbons (Fsp3) is 0.500.